The summed E-state index contributed by atoms with van der Waals surface area (Å²) in [7, 11) is 0. The van der Waals surface area contributed by atoms with Crippen molar-refractivity contribution >= 4 is 17.7 Å². The van der Waals surface area contributed by atoms with Crippen molar-refractivity contribution in [2.45, 2.75) is 89.8 Å². The highest BCUT2D eigenvalue weighted by Gasteiger charge is 2.44. The number of rotatable bonds is 10. The van der Waals surface area contributed by atoms with E-state index in [0.717, 1.165) is 64.6 Å². The Labute approximate surface area is 264 Å². The number of amides is 1. The largest absolute Gasteiger partial charge is 0.439 e. The summed E-state index contributed by atoms with van der Waals surface area (Å²) in [5.41, 5.74) is -2.82. The summed E-state index contributed by atoms with van der Waals surface area (Å²) >= 11 is 0. The number of carbonyl (C=O) groups excluding carboxylic acids is 1. The van der Waals surface area contributed by atoms with Gasteiger partial charge in [-0.1, -0.05) is 12.8 Å². The topological polar surface area (TPSA) is 82.0 Å². The summed E-state index contributed by atoms with van der Waals surface area (Å²) in [4.78, 5) is 28.5. The molecule has 1 aliphatic carbocycles. The van der Waals surface area contributed by atoms with Gasteiger partial charge in [-0.3, -0.25) is 4.90 Å². The summed E-state index contributed by atoms with van der Waals surface area (Å²) in [6.45, 7) is 6.62. The maximum atomic E-state index is 13.6. The number of ether oxygens (including phenoxy) is 1. The third-order valence-corrected chi connectivity index (χ3v) is 9.55. The second kappa shape index (κ2) is 13.8. The monoisotopic (exact) mass is 657 g/mol. The van der Waals surface area contributed by atoms with E-state index in [4.69, 9.17) is 14.7 Å². The van der Waals surface area contributed by atoms with Crippen LogP contribution in [0.4, 0.5) is 42.8 Å². The van der Waals surface area contributed by atoms with Crippen LogP contribution in [0.1, 0.15) is 87.3 Å². The van der Waals surface area contributed by atoms with E-state index >= 15 is 0 Å². The summed E-state index contributed by atoms with van der Waals surface area (Å²) in [6.07, 6.45) is -3.60. The lowest BCUT2D eigenvalue weighted by molar-refractivity contribution is -0.143. The average Bonchev–Trinajstić information content (AvgIpc) is 3.65. The fourth-order valence-electron chi connectivity index (χ4n) is 6.91. The Morgan fingerprint density at radius 3 is 2.15 bits per heavy atom. The number of hydrogen-bond donors (Lipinski definition) is 1. The highest BCUT2D eigenvalue weighted by atomic mass is 19.4. The molecule has 2 saturated heterocycles. The van der Waals surface area contributed by atoms with Gasteiger partial charge in [-0.2, -0.15) is 26.3 Å². The number of nitrogens with zero attached hydrogens (tertiary/aromatic N) is 5. The van der Waals surface area contributed by atoms with E-state index in [-0.39, 0.29) is 24.8 Å². The Hall–Kier alpha value is -3.29. The molecular formula is C32H41F6N5O3. The standard InChI is InChI=1S/C32H41F6N5O3/c1-3-41(18-22-8-6-21(7-9-22)10-13-44)29-26(40-27(17-39-29)42-11-4-5-12-42)19-43-20(2)28(46-30(43)45)23-14-24(31(33,34)35)16-25(15-23)32(36,37)38/h14-17,20-22,28,44H,3-13,18-19H2,1-2H3/t20-,21-,22-,28?/m0/s1. The van der Waals surface area contributed by atoms with Gasteiger partial charge in [0.2, 0.25) is 0 Å². The van der Waals surface area contributed by atoms with Crippen molar-refractivity contribution < 1.29 is 41.0 Å². The van der Waals surface area contributed by atoms with Gasteiger partial charge < -0.3 is 19.6 Å². The fourth-order valence-corrected chi connectivity index (χ4v) is 6.91. The van der Waals surface area contributed by atoms with E-state index in [1.165, 1.54) is 4.90 Å². The molecule has 1 unspecified atom stereocenters. The molecule has 1 aromatic carbocycles. The van der Waals surface area contributed by atoms with Crippen LogP contribution >= 0.6 is 0 Å². The van der Waals surface area contributed by atoms with Crippen LogP contribution in [-0.4, -0.2) is 64.9 Å². The molecule has 2 aliphatic heterocycles. The molecule has 2 aromatic rings. The number of halogens is 6. The van der Waals surface area contributed by atoms with Crippen LogP contribution in [0, 0.1) is 11.8 Å². The average molecular weight is 658 g/mol. The Morgan fingerprint density at radius 2 is 1.59 bits per heavy atom. The molecule has 46 heavy (non-hydrogen) atoms. The predicted octanol–water partition coefficient (Wildman–Crippen LogP) is 7.21. The summed E-state index contributed by atoms with van der Waals surface area (Å²) in [5.74, 6) is 2.17. The molecule has 1 saturated carbocycles. The number of benzene rings is 1. The molecule has 2 atom stereocenters. The lowest BCUT2D eigenvalue weighted by Gasteiger charge is -2.34. The Kier molecular flexibility index (Phi) is 10.2. The van der Waals surface area contributed by atoms with Crippen LogP contribution in [0.2, 0.25) is 0 Å². The Balaban J connectivity index is 1.42. The molecule has 1 amide bonds. The van der Waals surface area contributed by atoms with Crippen LogP contribution in [-0.2, 0) is 23.6 Å². The second-order valence-electron chi connectivity index (χ2n) is 12.6. The molecule has 5 rings (SSSR count). The lowest BCUT2D eigenvalue weighted by Crippen LogP contribution is -2.36. The molecule has 8 nitrogen and oxygen atoms in total. The summed E-state index contributed by atoms with van der Waals surface area (Å²) < 4.78 is 86.9. The number of cyclic esters (lactones) is 1. The number of aliphatic hydroxyl groups excluding tert-OH is 1. The maximum Gasteiger partial charge on any atom is 0.416 e. The van der Waals surface area contributed by atoms with Crippen LogP contribution in [0.15, 0.2) is 24.4 Å². The first-order valence-corrected chi connectivity index (χ1v) is 16.0. The van der Waals surface area contributed by atoms with Crippen molar-refractivity contribution in [2.75, 3.05) is 42.6 Å². The van der Waals surface area contributed by atoms with Crippen LogP contribution < -0.4 is 9.80 Å². The molecule has 1 N–H and O–H groups in total. The number of hydrogen-bond acceptors (Lipinski definition) is 7. The highest BCUT2D eigenvalue weighted by Crippen LogP contribution is 2.41. The van der Waals surface area contributed by atoms with Gasteiger partial charge in [-0.15, -0.1) is 0 Å². The number of aromatic nitrogens is 2. The SMILES string of the molecule is CCN(C[C@H]1CC[C@H](CCO)CC1)c1ncc(N2CCCC2)nc1CN1C(=O)OC(c2cc(C(F)(F)F)cc(C(F)(F)F)c2)[C@@H]1C. The normalized spacial score (nSPS) is 24.1. The first-order chi connectivity index (χ1) is 21.8. The number of aliphatic hydroxyl groups is 1. The zero-order chi connectivity index (χ0) is 33.2. The van der Waals surface area contributed by atoms with Crippen molar-refractivity contribution in [3.05, 3.63) is 46.8 Å². The Bertz CT molecular complexity index is 1330. The molecule has 3 heterocycles. The van der Waals surface area contributed by atoms with E-state index in [2.05, 4.69) is 9.80 Å². The molecule has 3 fully saturated rings. The van der Waals surface area contributed by atoms with E-state index in [1.807, 2.05) is 6.92 Å². The van der Waals surface area contributed by atoms with Gasteiger partial charge in [0.1, 0.15) is 17.6 Å². The Morgan fingerprint density at radius 1 is 0.978 bits per heavy atom. The molecule has 0 bridgehead atoms. The van der Waals surface area contributed by atoms with Crippen molar-refractivity contribution in [3.8, 4) is 0 Å². The zero-order valence-corrected chi connectivity index (χ0v) is 26.1. The minimum atomic E-state index is -5.02. The smallest absolute Gasteiger partial charge is 0.416 e. The zero-order valence-electron chi connectivity index (χ0n) is 26.1. The van der Waals surface area contributed by atoms with Crippen molar-refractivity contribution in [1.82, 2.24) is 14.9 Å². The number of anilines is 2. The molecule has 1 aromatic heterocycles. The third kappa shape index (κ3) is 7.63. The van der Waals surface area contributed by atoms with E-state index in [1.54, 1.807) is 13.1 Å². The molecule has 14 heteroatoms. The van der Waals surface area contributed by atoms with Crippen LogP contribution in [0.5, 0.6) is 0 Å². The third-order valence-electron chi connectivity index (χ3n) is 9.55. The molecule has 254 valence electrons. The van der Waals surface area contributed by atoms with Gasteiger partial charge in [-0.05, 0) is 81.5 Å². The minimum absolute atomic E-state index is 0.0624. The highest BCUT2D eigenvalue weighted by molar-refractivity contribution is 5.71. The van der Waals surface area contributed by atoms with E-state index in [0.29, 0.717) is 47.8 Å². The first-order valence-electron chi connectivity index (χ1n) is 16.0. The second-order valence-corrected chi connectivity index (χ2v) is 12.6. The van der Waals surface area contributed by atoms with Crippen molar-refractivity contribution in [2.24, 2.45) is 11.8 Å². The number of carbonyl (C=O) groups is 1. The van der Waals surface area contributed by atoms with Crippen molar-refractivity contribution in [3.63, 3.8) is 0 Å². The maximum absolute atomic E-state index is 13.6. The molecule has 0 spiro atoms. The summed E-state index contributed by atoms with van der Waals surface area (Å²) in [5, 5.41) is 9.32. The molecule has 0 radical (unpaired) electrons. The first kappa shape index (κ1) is 34.1. The van der Waals surface area contributed by atoms with Gasteiger partial charge in [-0.25, -0.2) is 14.8 Å². The number of alkyl halides is 6. The van der Waals surface area contributed by atoms with Gasteiger partial charge in [0, 0.05) is 32.8 Å². The minimum Gasteiger partial charge on any atom is -0.439 e. The van der Waals surface area contributed by atoms with Gasteiger partial charge >= 0.3 is 18.4 Å². The van der Waals surface area contributed by atoms with E-state index in [9.17, 15) is 36.2 Å². The van der Waals surface area contributed by atoms with Gasteiger partial charge in [0.25, 0.3) is 0 Å². The molecule has 3 aliphatic rings. The fraction of sp³-hybridized carbons (Fsp3) is 0.656. The molecular weight excluding hydrogens is 616 g/mol. The summed E-state index contributed by atoms with van der Waals surface area (Å²) in [6, 6.07) is 0.396. The predicted molar refractivity (Wildman–Crippen MR) is 159 cm³/mol. The van der Waals surface area contributed by atoms with Gasteiger partial charge in [0.15, 0.2) is 5.82 Å². The quantitative estimate of drug-likeness (QED) is 0.271. The van der Waals surface area contributed by atoms with E-state index < -0.39 is 41.7 Å². The van der Waals surface area contributed by atoms with Crippen LogP contribution in [0.25, 0.3) is 0 Å². The lowest BCUT2D eigenvalue weighted by atomic mass is 9.80. The van der Waals surface area contributed by atoms with Crippen LogP contribution in [0.3, 0.4) is 0 Å². The van der Waals surface area contributed by atoms with Gasteiger partial charge in [0.05, 0.1) is 29.9 Å². The van der Waals surface area contributed by atoms with Crippen molar-refractivity contribution in [1.29, 1.82) is 0 Å².